The van der Waals surface area contributed by atoms with Crippen molar-refractivity contribution in [2.24, 2.45) is 0 Å². The van der Waals surface area contributed by atoms with Crippen LogP contribution in [0.1, 0.15) is 6.92 Å². The van der Waals surface area contributed by atoms with Gasteiger partial charge in [0, 0.05) is 6.20 Å². The molecule has 0 saturated heterocycles. The van der Waals surface area contributed by atoms with Crippen molar-refractivity contribution in [2.45, 2.75) is 6.92 Å². The van der Waals surface area contributed by atoms with Crippen LogP contribution in [0, 0.1) is 0 Å². The Balaban J connectivity index is 2.17. The van der Waals surface area contributed by atoms with Crippen LogP contribution < -0.4 is 9.47 Å². The number of methoxy groups -OCH3 is 1. The van der Waals surface area contributed by atoms with Crippen LogP contribution in [0.5, 0.6) is 11.5 Å². The van der Waals surface area contributed by atoms with E-state index in [1.54, 1.807) is 13.3 Å². The summed E-state index contributed by atoms with van der Waals surface area (Å²) in [4.78, 5) is 4.51. The van der Waals surface area contributed by atoms with Gasteiger partial charge in [0.2, 0.25) is 0 Å². The number of pyridine rings is 1. The van der Waals surface area contributed by atoms with Crippen molar-refractivity contribution in [1.29, 1.82) is 0 Å². The molecule has 2 aromatic carbocycles. The highest BCUT2D eigenvalue weighted by molar-refractivity contribution is 5.86. The Morgan fingerprint density at radius 2 is 1.74 bits per heavy atom. The maximum absolute atomic E-state index is 5.83. The van der Waals surface area contributed by atoms with E-state index >= 15 is 0 Å². The molecule has 0 atom stereocenters. The molecule has 3 rings (SSSR count). The van der Waals surface area contributed by atoms with Gasteiger partial charge in [-0.2, -0.15) is 0 Å². The van der Waals surface area contributed by atoms with Crippen LogP contribution in [-0.4, -0.2) is 18.7 Å². The Hall–Kier alpha value is -2.81. The van der Waals surface area contributed by atoms with Crippen LogP contribution in [0.3, 0.4) is 0 Å². The third-order valence-electron chi connectivity index (χ3n) is 3.65. The Morgan fingerprint density at radius 1 is 0.913 bits per heavy atom. The summed E-state index contributed by atoms with van der Waals surface area (Å²) in [6.07, 6.45) is 1.80. The van der Waals surface area contributed by atoms with Gasteiger partial charge in [0.1, 0.15) is 11.5 Å². The fraction of sp³-hybridized carbons (Fsp3) is 0.150. The molecule has 23 heavy (non-hydrogen) atoms. The molecule has 0 unspecified atom stereocenters. The predicted octanol–water partition coefficient (Wildman–Crippen LogP) is 4.82. The van der Waals surface area contributed by atoms with Crippen LogP contribution in [0.2, 0.25) is 0 Å². The smallest absolute Gasteiger partial charge is 0.129 e. The van der Waals surface area contributed by atoms with Crippen LogP contribution in [0.4, 0.5) is 0 Å². The number of rotatable bonds is 5. The van der Waals surface area contributed by atoms with Crippen molar-refractivity contribution >= 4 is 0 Å². The van der Waals surface area contributed by atoms with Gasteiger partial charge in [-0.05, 0) is 48.4 Å². The van der Waals surface area contributed by atoms with E-state index < -0.39 is 0 Å². The molecule has 0 fully saturated rings. The zero-order valence-corrected chi connectivity index (χ0v) is 13.3. The summed E-state index contributed by atoms with van der Waals surface area (Å²) < 4.78 is 11.1. The predicted molar refractivity (Wildman–Crippen MR) is 92.8 cm³/mol. The first kappa shape index (κ1) is 15.1. The van der Waals surface area contributed by atoms with Crippen molar-refractivity contribution in [2.75, 3.05) is 13.7 Å². The molecule has 3 nitrogen and oxygen atoms in total. The quantitative estimate of drug-likeness (QED) is 0.677. The average Bonchev–Trinajstić information content (AvgIpc) is 2.63. The molecule has 0 aliphatic rings. The molecular formula is C20H19NO2. The first-order valence-electron chi connectivity index (χ1n) is 7.65. The number of nitrogens with zero attached hydrogens (tertiary/aromatic N) is 1. The second-order valence-corrected chi connectivity index (χ2v) is 5.06. The van der Waals surface area contributed by atoms with Crippen LogP contribution in [-0.2, 0) is 0 Å². The Labute approximate surface area is 136 Å². The zero-order chi connectivity index (χ0) is 16.1. The summed E-state index contributed by atoms with van der Waals surface area (Å²) in [5.41, 5.74) is 4.12. The van der Waals surface area contributed by atoms with E-state index in [0.717, 1.165) is 33.9 Å². The summed E-state index contributed by atoms with van der Waals surface area (Å²) in [6.45, 7) is 2.61. The summed E-state index contributed by atoms with van der Waals surface area (Å²) >= 11 is 0. The number of benzene rings is 2. The van der Waals surface area contributed by atoms with E-state index in [1.807, 2.05) is 49.4 Å². The standard InChI is InChI=1S/C20H19NO2/c1-3-23-19-9-6-7-17(15-10-12-16(22-2)13-11-15)20(19)18-8-4-5-14-21-18/h4-14H,3H2,1-2H3. The SMILES string of the molecule is CCOc1cccc(-c2ccc(OC)cc2)c1-c1ccccn1. The largest absolute Gasteiger partial charge is 0.497 e. The van der Waals surface area contributed by atoms with E-state index in [-0.39, 0.29) is 0 Å². The fourth-order valence-corrected chi connectivity index (χ4v) is 2.59. The van der Waals surface area contributed by atoms with Crippen molar-refractivity contribution in [1.82, 2.24) is 4.98 Å². The highest BCUT2D eigenvalue weighted by Crippen LogP contribution is 2.38. The lowest BCUT2D eigenvalue weighted by Crippen LogP contribution is -1.97. The minimum Gasteiger partial charge on any atom is -0.497 e. The topological polar surface area (TPSA) is 31.4 Å². The van der Waals surface area contributed by atoms with E-state index in [0.29, 0.717) is 6.61 Å². The third kappa shape index (κ3) is 3.19. The molecular weight excluding hydrogens is 286 g/mol. The Kier molecular flexibility index (Phi) is 4.57. The lowest BCUT2D eigenvalue weighted by molar-refractivity contribution is 0.341. The fourth-order valence-electron chi connectivity index (χ4n) is 2.59. The van der Waals surface area contributed by atoms with Gasteiger partial charge in [-0.3, -0.25) is 4.98 Å². The van der Waals surface area contributed by atoms with Gasteiger partial charge in [-0.25, -0.2) is 0 Å². The van der Waals surface area contributed by atoms with E-state index in [1.165, 1.54) is 0 Å². The molecule has 1 aromatic heterocycles. The van der Waals surface area contributed by atoms with Gasteiger partial charge in [-0.15, -0.1) is 0 Å². The van der Waals surface area contributed by atoms with Gasteiger partial charge in [0.15, 0.2) is 0 Å². The van der Waals surface area contributed by atoms with Gasteiger partial charge < -0.3 is 9.47 Å². The van der Waals surface area contributed by atoms with E-state index in [2.05, 4.69) is 23.2 Å². The molecule has 1 heterocycles. The molecule has 3 aromatic rings. The van der Waals surface area contributed by atoms with Crippen LogP contribution in [0.25, 0.3) is 22.4 Å². The molecule has 0 N–H and O–H groups in total. The minimum atomic E-state index is 0.617. The van der Waals surface area contributed by atoms with E-state index in [9.17, 15) is 0 Å². The van der Waals surface area contributed by atoms with Gasteiger partial charge in [-0.1, -0.05) is 30.3 Å². The normalized spacial score (nSPS) is 10.3. The van der Waals surface area contributed by atoms with Crippen molar-refractivity contribution in [3.05, 3.63) is 66.9 Å². The Morgan fingerprint density at radius 3 is 2.39 bits per heavy atom. The highest BCUT2D eigenvalue weighted by atomic mass is 16.5. The zero-order valence-electron chi connectivity index (χ0n) is 13.3. The summed E-state index contributed by atoms with van der Waals surface area (Å²) in [6, 6.07) is 20.0. The molecule has 0 amide bonds. The molecule has 0 saturated carbocycles. The molecule has 0 bridgehead atoms. The summed E-state index contributed by atoms with van der Waals surface area (Å²) in [5.74, 6) is 1.69. The first-order chi connectivity index (χ1) is 11.3. The number of hydrogen-bond donors (Lipinski definition) is 0. The molecule has 116 valence electrons. The monoisotopic (exact) mass is 305 g/mol. The number of aromatic nitrogens is 1. The van der Waals surface area contributed by atoms with Gasteiger partial charge in [0.05, 0.1) is 25.0 Å². The van der Waals surface area contributed by atoms with Crippen LogP contribution in [0.15, 0.2) is 66.9 Å². The van der Waals surface area contributed by atoms with Crippen LogP contribution >= 0.6 is 0 Å². The number of ether oxygens (including phenoxy) is 2. The van der Waals surface area contributed by atoms with Crippen molar-refractivity contribution < 1.29 is 9.47 Å². The molecule has 0 aliphatic carbocycles. The van der Waals surface area contributed by atoms with Crippen molar-refractivity contribution in [3.63, 3.8) is 0 Å². The molecule has 0 radical (unpaired) electrons. The second-order valence-electron chi connectivity index (χ2n) is 5.06. The van der Waals surface area contributed by atoms with Gasteiger partial charge in [0.25, 0.3) is 0 Å². The minimum absolute atomic E-state index is 0.617. The highest BCUT2D eigenvalue weighted by Gasteiger charge is 2.14. The molecule has 0 spiro atoms. The molecule has 0 aliphatic heterocycles. The number of hydrogen-bond acceptors (Lipinski definition) is 3. The average molecular weight is 305 g/mol. The maximum Gasteiger partial charge on any atom is 0.129 e. The lowest BCUT2D eigenvalue weighted by atomic mass is 9.96. The first-order valence-corrected chi connectivity index (χ1v) is 7.65. The Bertz CT molecular complexity index is 767. The summed E-state index contributed by atoms with van der Waals surface area (Å²) in [5, 5.41) is 0. The maximum atomic E-state index is 5.83. The summed E-state index contributed by atoms with van der Waals surface area (Å²) in [7, 11) is 1.67. The second kappa shape index (κ2) is 6.97. The lowest BCUT2D eigenvalue weighted by Gasteiger charge is -2.15. The van der Waals surface area contributed by atoms with E-state index in [4.69, 9.17) is 9.47 Å². The van der Waals surface area contributed by atoms with Crippen molar-refractivity contribution in [3.8, 4) is 33.9 Å². The van der Waals surface area contributed by atoms with Gasteiger partial charge >= 0.3 is 0 Å². The third-order valence-corrected chi connectivity index (χ3v) is 3.65. The molecule has 3 heteroatoms.